The summed E-state index contributed by atoms with van der Waals surface area (Å²) in [5.74, 6) is -0.514. The molecule has 130 valence electrons. The van der Waals surface area contributed by atoms with Gasteiger partial charge in [0.05, 0.1) is 10.7 Å². The van der Waals surface area contributed by atoms with Gasteiger partial charge in [-0.15, -0.1) is 0 Å². The van der Waals surface area contributed by atoms with Gasteiger partial charge in [-0.3, -0.25) is 9.59 Å². The molecule has 2 amide bonds. The molecule has 0 aliphatic carbocycles. The zero-order valence-electron chi connectivity index (χ0n) is 13.3. The third kappa shape index (κ3) is 4.28. The molecule has 0 saturated carbocycles. The first-order valence-electron chi connectivity index (χ1n) is 7.81. The minimum atomic E-state index is -0.434. The van der Waals surface area contributed by atoms with Crippen LogP contribution in [0.1, 0.15) is 12.8 Å². The zero-order chi connectivity index (χ0) is 17.8. The van der Waals surface area contributed by atoms with Gasteiger partial charge >= 0.3 is 0 Å². The lowest BCUT2D eigenvalue weighted by molar-refractivity contribution is -0.118. The summed E-state index contributed by atoms with van der Waals surface area (Å²) in [6, 6.07) is 10.5. The number of benzene rings is 2. The van der Waals surface area contributed by atoms with Crippen LogP contribution in [-0.4, -0.2) is 25.0 Å². The maximum absolute atomic E-state index is 13.1. The molecule has 2 aromatic rings. The van der Waals surface area contributed by atoms with E-state index in [9.17, 15) is 14.0 Å². The third-order valence-electron chi connectivity index (χ3n) is 3.76. The number of carbonyl (C=O) groups excluding carboxylic acids is 2. The van der Waals surface area contributed by atoms with E-state index in [4.69, 9.17) is 16.3 Å². The normalized spacial score (nSPS) is 13.8. The topological polar surface area (TPSA) is 58.6 Å². The van der Waals surface area contributed by atoms with E-state index in [1.165, 1.54) is 18.2 Å². The fourth-order valence-electron chi connectivity index (χ4n) is 2.61. The molecule has 0 unspecified atom stereocenters. The van der Waals surface area contributed by atoms with E-state index in [1.54, 1.807) is 29.2 Å². The van der Waals surface area contributed by atoms with Crippen LogP contribution in [0.5, 0.6) is 5.75 Å². The maximum Gasteiger partial charge on any atom is 0.262 e. The fourth-order valence-corrected chi connectivity index (χ4v) is 2.89. The Hall–Kier alpha value is -2.60. The lowest BCUT2D eigenvalue weighted by atomic mass is 10.2. The van der Waals surface area contributed by atoms with Crippen molar-refractivity contribution in [1.29, 1.82) is 0 Å². The summed E-state index contributed by atoms with van der Waals surface area (Å²) < 4.78 is 18.3. The molecule has 1 aliphatic heterocycles. The average molecular weight is 363 g/mol. The molecule has 1 fully saturated rings. The first-order chi connectivity index (χ1) is 12.0. The SMILES string of the molecule is O=C(COc1cccc(F)c1)Nc1ccc(N2CCCC2=O)c(Cl)c1. The molecular weight excluding hydrogens is 347 g/mol. The van der Waals surface area contributed by atoms with E-state index in [1.807, 2.05) is 0 Å². The van der Waals surface area contributed by atoms with Crippen molar-refractivity contribution < 1.29 is 18.7 Å². The van der Waals surface area contributed by atoms with E-state index in [0.29, 0.717) is 29.4 Å². The Kier molecular flexibility index (Phi) is 5.19. The van der Waals surface area contributed by atoms with Crippen molar-refractivity contribution >= 4 is 34.8 Å². The molecule has 1 saturated heterocycles. The van der Waals surface area contributed by atoms with Crippen molar-refractivity contribution in [2.75, 3.05) is 23.4 Å². The molecule has 0 bridgehead atoms. The minimum absolute atomic E-state index is 0.0437. The Labute approximate surface area is 149 Å². The summed E-state index contributed by atoms with van der Waals surface area (Å²) in [6.07, 6.45) is 1.33. The van der Waals surface area contributed by atoms with Crippen LogP contribution in [0.15, 0.2) is 42.5 Å². The molecule has 5 nitrogen and oxygen atoms in total. The van der Waals surface area contributed by atoms with Gasteiger partial charge in [-0.2, -0.15) is 0 Å². The number of hydrogen-bond donors (Lipinski definition) is 1. The van der Waals surface area contributed by atoms with Gasteiger partial charge < -0.3 is 15.0 Å². The highest BCUT2D eigenvalue weighted by molar-refractivity contribution is 6.34. The number of hydrogen-bond acceptors (Lipinski definition) is 3. The molecule has 0 spiro atoms. The molecular formula is C18H16ClFN2O3. The predicted molar refractivity (Wildman–Crippen MR) is 93.6 cm³/mol. The number of carbonyl (C=O) groups is 2. The highest BCUT2D eigenvalue weighted by atomic mass is 35.5. The van der Waals surface area contributed by atoms with Crippen LogP contribution >= 0.6 is 11.6 Å². The first kappa shape index (κ1) is 17.2. The Bertz CT molecular complexity index is 813. The van der Waals surface area contributed by atoms with E-state index in [0.717, 1.165) is 6.42 Å². The molecule has 1 aliphatic rings. The summed E-state index contributed by atoms with van der Waals surface area (Å²) >= 11 is 6.23. The predicted octanol–water partition coefficient (Wildman–Crippen LogP) is 3.62. The summed E-state index contributed by atoms with van der Waals surface area (Å²) in [7, 11) is 0. The van der Waals surface area contributed by atoms with Crippen molar-refractivity contribution in [2.24, 2.45) is 0 Å². The fraction of sp³-hybridized carbons (Fsp3) is 0.222. The molecule has 25 heavy (non-hydrogen) atoms. The van der Waals surface area contributed by atoms with Gasteiger partial charge in [-0.1, -0.05) is 17.7 Å². The van der Waals surface area contributed by atoms with Crippen LogP contribution in [-0.2, 0) is 9.59 Å². The van der Waals surface area contributed by atoms with Gasteiger partial charge in [-0.25, -0.2) is 4.39 Å². The molecule has 2 aromatic carbocycles. The number of nitrogens with one attached hydrogen (secondary N) is 1. The smallest absolute Gasteiger partial charge is 0.262 e. The van der Waals surface area contributed by atoms with Crippen molar-refractivity contribution in [3.8, 4) is 5.75 Å². The second-order valence-corrected chi connectivity index (χ2v) is 6.02. The molecule has 0 atom stereocenters. The van der Waals surface area contributed by atoms with Crippen molar-refractivity contribution in [3.63, 3.8) is 0 Å². The molecule has 0 radical (unpaired) electrons. The van der Waals surface area contributed by atoms with E-state index in [-0.39, 0.29) is 18.3 Å². The van der Waals surface area contributed by atoms with Crippen LogP contribution in [0.4, 0.5) is 15.8 Å². The van der Waals surface area contributed by atoms with Crippen LogP contribution < -0.4 is 15.0 Å². The van der Waals surface area contributed by atoms with Gasteiger partial charge in [0.2, 0.25) is 5.91 Å². The van der Waals surface area contributed by atoms with Crippen molar-refractivity contribution in [1.82, 2.24) is 0 Å². The molecule has 3 rings (SSSR count). The Morgan fingerprint density at radius 1 is 1.28 bits per heavy atom. The number of anilines is 2. The molecule has 7 heteroatoms. The van der Waals surface area contributed by atoms with Crippen LogP contribution in [0, 0.1) is 5.82 Å². The summed E-state index contributed by atoms with van der Waals surface area (Å²) in [6.45, 7) is 0.388. The van der Waals surface area contributed by atoms with Gasteiger partial charge in [-0.05, 0) is 36.8 Å². The molecule has 1 heterocycles. The number of nitrogens with zero attached hydrogens (tertiary/aromatic N) is 1. The number of halogens is 2. The number of ether oxygens (including phenoxy) is 1. The lowest BCUT2D eigenvalue weighted by Gasteiger charge is -2.18. The van der Waals surface area contributed by atoms with Crippen LogP contribution in [0.25, 0.3) is 0 Å². The van der Waals surface area contributed by atoms with Crippen molar-refractivity contribution in [2.45, 2.75) is 12.8 Å². The average Bonchev–Trinajstić information content (AvgIpc) is 2.99. The quantitative estimate of drug-likeness (QED) is 0.883. The zero-order valence-corrected chi connectivity index (χ0v) is 14.1. The van der Waals surface area contributed by atoms with Crippen LogP contribution in [0.2, 0.25) is 5.02 Å². The van der Waals surface area contributed by atoms with Gasteiger partial charge in [0, 0.05) is 24.7 Å². The summed E-state index contributed by atoms with van der Waals surface area (Å²) in [4.78, 5) is 25.4. The summed E-state index contributed by atoms with van der Waals surface area (Å²) in [5, 5.41) is 3.04. The number of amides is 2. The van der Waals surface area contributed by atoms with Gasteiger partial charge in [0.15, 0.2) is 6.61 Å². The largest absolute Gasteiger partial charge is 0.484 e. The third-order valence-corrected chi connectivity index (χ3v) is 4.06. The van der Waals surface area contributed by atoms with E-state index in [2.05, 4.69) is 5.32 Å². The Morgan fingerprint density at radius 3 is 2.80 bits per heavy atom. The van der Waals surface area contributed by atoms with Crippen molar-refractivity contribution in [3.05, 3.63) is 53.3 Å². The monoisotopic (exact) mass is 362 g/mol. The second-order valence-electron chi connectivity index (χ2n) is 5.61. The van der Waals surface area contributed by atoms with Crippen LogP contribution in [0.3, 0.4) is 0 Å². The van der Waals surface area contributed by atoms with E-state index < -0.39 is 11.7 Å². The van der Waals surface area contributed by atoms with Gasteiger partial charge in [0.1, 0.15) is 11.6 Å². The second kappa shape index (κ2) is 7.53. The van der Waals surface area contributed by atoms with E-state index >= 15 is 0 Å². The number of rotatable bonds is 5. The summed E-state index contributed by atoms with van der Waals surface area (Å²) in [5.41, 5.74) is 1.13. The highest BCUT2D eigenvalue weighted by Gasteiger charge is 2.23. The maximum atomic E-state index is 13.1. The standard InChI is InChI=1S/C18H16ClFN2O3/c19-15-10-13(6-7-16(15)22-8-2-5-18(22)24)21-17(23)11-25-14-4-1-3-12(20)9-14/h1,3-4,6-7,9-10H,2,5,8,11H2,(H,21,23). The molecule has 0 aromatic heterocycles. The Balaban J connectivity index is 1.60. The minimum Gasteiger partial charge on any atom is -0.484 e. The Morgan fingerprint density at radius 2 is 2.12 bits per heavy atom. The lowest BCUT2D eigenvalue weighted by Crippen LogP contribution is -2.24. The van der Waals surface area contributed by atoms with Gasteiger partial charge in [0.25, 0.3) is 5.91 Å². The first-order valence-corrected chi connectivity index (χ1v) is 8.19. The highest BCUT2D eigenvalue weighted by Crippen LogP contribution is 2.31. The molecule has 1 N–H and O–H groups in total.